The number of fused-ring (bicyclic) bond motifs is 1. The van der Waals surface area contributed by atoms with Crippen LogP contribution >= 0.6 is 11.3 Å². The predicted molar refractivity (Wildman–Crippen MR) is 106 cm³/mol. The van der Waals surface area contributed by atoms with Crippen molar-refractivity contribution < 1.29 is 9.59 Å². The van der Waals surface area contributed by atoms with Crippen LogP contribution in [0, 0.1) is 11.8 Å². The summed E-state index contributed by atoms with van der Waals surface area (Å²) in [5.74, 6) is 5.80. The Morgan fingerprint density at radius 3 is 2.89 bits per heavy atom. The van der Waals surface area contributed by atoms with Crippen molar-refractivity contribution in [1.82, 2.24) is 15.6 Å². The summed E-state index contributed by atoms with van der Waals surface area (Å²) in [6.07, 6.45) is 0. The number of carbonyl (C=O) groups is 2. The van der Waals surface area contributed by atoms with Gasteiger partial charge in [0.05, 0.1) is 22.3 Å². The Morgan fingerprint density at radius 2 is 2.11 bits per heavy atom. The molecule has 2 aromatic carbocycles. The smallest absolute Gasteiger partial charge is 0.321 e. The first-order valence-corrected chi connectivity index (χ1v) is 9.34. The number of thiazole rings is 1. The summed E-state index contributed by atoms with van der Waals surface area (Å²) in [4.78, 5) is 29.8. The van der Waals surface area contributed by atoms with Crippen LogP contribution in [0.15, 0.2) is 48.0 Å². The van der Waals surface area contributed by atoms with E-state index in [4.69, 9.17) is 0 Å². The number of nitrogens with one attached hydrogen (secondary N) is 2. The number of aromatic nitrogens is 1. The minimum Gasteiger partial charge on any atom is -0.341 e. The number of amides is 3. The molecule has 6 nitrogen and oxygen atoms in total. The molecule has 7 heteroatoms. The van der Waals surface area contributed by atoms with Gasteiger partial charge in [-0.3, -0.25) is 9.69 Å². The van der Waals surface area contributed by atoms with Gasteiger partial charge in [-0.05, 0) is 42.5 Å². The standard InChI is InChI=1S/C20H16N4O2S/c25-19(15-5-8-17-18(12-15)27-13-23-17)21-9-1-2-14-3-6-16(7-4-14)24-11-10-22-20(24)26/h3-8,12-13H,9-11H2,(H,21,25)(H,22,26). The quantitative estimate of drug-likeness (QED) is 0.690. The number of anilines is 1. The van der Waals surface area contributed by atoms with Crippen LogP contribution in [0.4, 0.5) is 10.5 Å². The first kappa shape index (κ1) is 17.1. The normalized spacial score (nSPS) is 13.2. The monoisotopic (exact) mass is 376 g/mol. The third-order valence-corrected chi connectivity index (χ3v) is 4.99. The third kappa shape index (κ3) is 3.76. The molecule has 1 fully saturated rings. The van der Waals surface area contributed by atoms with Crippen molar-refractivity contribution in [3.63, 3.8) is 0 Å². The fraction of sp³-hybridized carbons (Fsp3) is 0.150. The number of benzene rings is 2. The van der Waals surface area contributed by atoms with Crippen LogP contribution in [0.3, 0.4) is 0 Å². The maximum Gasteiger partial charge on any atom is 0.321 e. The zero-order valence-electron chi connectivity index (χ0n) is 14.4. The van der Waals surface area contributed by atoms with Crippen LogP contribution in [-0.4, -0.2) is 36.6 Å². The van der Waals surface area contributed by atoms with E-state index in [2.05, 4.69) is 27.5 Å². The summed E-state index contributed by atoms with van der Waals surface area (Å²) >= 11 is 1.51. The van der Waals surface area contributed by atoms with Crippen LogP contribution < -0.4 is 15.5 Å². The van der Waals surface area contributed by atoms with E-state index in [0.29, 0.717) is 18.7 Å². The van der Waals surface area contributed by atoms with Crippen LogP contribution in [0.1, 0.15) is 15.9 Å². The summed E-state index contributed by atoms with van der Waals surface area (Å²) in [5.41, 5.74) is 4.94. The first-order valence-electron chi connectivity index (χ1n) is 8.46. The molecule has 2 N–H and O–H groups in total. The van der Waals surface area contributed by atoms with Gasteiger partial charge in [0.25, 0.3) is 5.91 Å². The van der Waals surface area contributed by atoms with Gasteiger partial charge in [0.2, 0.25) is 0 Å². The van der Waals surface area contributed by atoms with Crippen molar-refractivity contribution in [2.45, 2.75) is 0 Å². The van der Waals surface area contributed by atoms with E-state index in [1.54, 1.807) is 16.5 Å². The van der Waals surface area contributed by atoms with Crippen LogP contribution in [0.2, 0.25) is 0 Å². The molecule has 2 heterocycles. The molecule has 0 unspecified atom stereocenters. The van der Waals surface area contributed by atoms with Gasteiger partial charge in [0.15, 0.2) is 0 Å². The topological polar surface area (TPSA) is 74.3 Å². The molecule has 0 spiro atoms. The highest BCUT2D eigenvalue weighted by Gasteiger charge is 2.20. The van der Waals surface area contributed by atoms with Crippen LogP contribution in [-0.2, 0) is 0 Å². The molecule has 1 aliphatic heterocycles. The van der Waals surface area contributed by atoms with Gasteiger partial charge >= 0.3 is 6.03 Å². The Hall–Kier alpha value is -3.37. The van der Waals surface area contributed by atoms with Crippen molar-refractivity contribution in [3.05, 3.63) is 59.1 Å². The van der Waals surface area contributed by atoms with Crippen molar-refractivity contribution in [2.75, 3.05) is 24.5 Å². The molecule has 134 valence electrons. The second kappa shape index (κ2) is 7.48. The number of hydrogen-bond acceptors (Lipinski definition) is 4. The van der Waals surface area contributed by atoms with E-state index in [9.17, 15) is 9.59 Å². The van der Waals surface area contributed by atoms with Gasteiger partial charge in [0, 0.05) is 29.9 Å². The largest absolute Gasteiger partial charge is 0.341 e. The molecular formula is C20H16N4O2S. The highest BCUT2D eigenvalue weighted by Crippen LogP contribution is 2.19. The lowest BCUT2D eigenvalue weighted by atomic mass is 10.2. The number of nitrogens with zero attached hydrogens (tertiary/aromatic N) is 2. The Kier molecular flexibility index (Phi) is 4.73. The number of urea groups is 1. The fourth-order valence-corrected chi connectivity index (χ4v) is 3.53. The lowest BCUT2D eigenvalue weighted by Gasteiger charge is -2.13. The Bertz CT molecular complexity index is 1060. The molecular weight excluding hydrogens is 360 g/mol. The van der Waals surface area contributed by atoms with E-state index < -0.39 is 0 Å². The van der Waals surface area contributed by atoms with E-state index in [1.165, 1.54) is 11.3 Å². The molecule has 0 radical (unpaired) electrons. The number of rotatable bonds is 3. The maximum atomic E-state index is 12.2. The SMILES string of the molecule is O=C(NCC#Cc1ccc(N2CCNC2=O)cc1)c1ccc2ncsc2c1. The van der Waals surface area contributed by atoms with E-state index in [0.717, 1.165) is 21.5 Å². The molecule has 3 amide bonds. The Labute approximate surface area is 160 Å². The van der Waals surface area contributed by atoms with Crippen LogP contribution in [0.5, 0.6) is 0 Å². The zero-order chi connectivity index (χ0) is 18.6. The van der Waals surface area contributed by atoms with Gasteiger partial charge in [-0.25, -0.2) is 9.78 Å². The highest BCUT2D eigenvalue weighted by molar-refractivity contribution is 7.16. The van der Waals surface area contributed by atoms with E-state index >= 15 is 0 Å². The zero-order valence-corrected chi connectivity index (χ0v) is 15.2. The van der Waals surface area contributed by atoms with Gasteiger partial charge < -0.3 is 10.6 Å². The minimum atomic E-state index is -0.157. The highest BCUT2D eigenvalue weighted by atomic mass is 32.1. The molecule has 27 heavy (non-hydrogen) atoms. The maximum absolute atomic E-state index is 12.2. The second-order valence-electron chi connectivity index (χ2n) is 5.95. The van der Waals surface area contributed by atoms with E-state index in [-0.39, 0.29) is 18.5 Å². The lowest BCUT2D eigenvalue weighted by molar-refractivity contribution is 0.0959. The Morgan fingerprint density at radius 1 is 1.26 bits per heavy atom. The average molecular weight is 376 g/mol. The molecule has 1 aliphatic rings. The van der Waals surface area contributed by atoms with Crippen LogP contribution in [0.25, 0.3) is 10.2 Å². The molecule has 1 aromatic heterocycles. The summed E-state index contributed by atoms with van der Waals surface area (Å²) < 4.78 is 0.987. The second-order valence-corrected chi connectivity index (χ2v) is 6.84. The number of carbonyl (C=O) groups excluding carboxylic acids is 2. The number of hydrogen-bond donors (Lipinski definition) is 2. The Balaban J connectivity index is 1.34. The molecule has 0 bridgehead atoms. The van der Waals surface area contributed by atoms with Crippen molar-refractivity contribution in [1.29, 1.82) is 0 Å². The van der Waals surface area contributed by atoms with Gasteiger partial charge in [-0.2, -0.15) is 0 Å². The van der Waals surface area contributed by atoms with Gasteiger partial charge in [-0.15, -0.1) is 11.3 Å². The molecule has 0 saturated carbocycles. The molecule has 1 saturated heterocycles. The molecule has 3 aromatic rings. The summed E-state index contributed by atoms with van der Waals surface area (Å²) in [6.45, 7) is 1.59. The molecule has 0 atom stereocenters. The first-order chi connectivity index (χ1) is 13.2. The summed E-state index contributed by atoms with van der Waals surface area (Å²) in [5, 5.41) is 5.57. The van der Waals surface area contributed by atoms with E-state index in [1.807, 2.05) is 36.4 Å². The summed E-state index contributed by atoms with van der Waals surface area (Å²) in [6, 6.07) is 12.8. The summed E-state index contributed by atoms with van der Waals surface area (Å²) in [7, 11) is 0. The minimum absolute atomic E-state index is 0.0759. The van der Waals surface area contributed by atoms with Gasteiger partial charge in [0.1, 0.15) is 0 Å². The fourth-order valence-electron chi connectivity index (χ4n) is 2.81. The van der Waals surface area contributed by atoms with Crippen molar-refractivity contribution in [2.24, 2.45) is 0 Å². The van der Waals surface area contributed by atoms with Gasteiger partial charge in [-0.1, -0.05) is 11.8 Å². The average Bonchev–Trinajstić information content (AvgIpc) is 3.33. The predicted octanol–water partition coefficient (Wildman–Crippen LogP) is 2.61. The molecule has 0 aliphatic carbocycles. The third-order valence-electron chi connectivity index (χ3n) is 4.20. The van der Waals surface area contributed by atoms with Crippen molar-refractivity contribution >= 4 is 39.2 Å². The molecule has 4 rings (SSSR count). The lowest BCUT2D eigenvalue weighted by Crippen LogP contribution is -2.27. The van der Waals surface area contributed by atoms with Crippen molar-refractivity contribution in [3.8, 4) is 11.8 Å².